The molecule has 0 unspecified atom stereocenters. The Balaban J connectivity index is 1.24. The molecule has 1 saturated heterocycles. The van der Waals surface area contributed by atoms with Gasteiger partial charge in [0.25, 0.3) is 5.91 Å². The molecule has 7 heteroatoms. The zero-order valence-electron chi connectivity index (χ0n) is 20.2. The molecular weight excluding hydrogens is 426 g/mol. The third-order valence-electron chi connectivity index (χ3n) is 6.52. The highest BCUT2D eigenvalue weighted by Crippen LogP contribution is 2.23. The van der Waals surface area contributed by atoms with Crippen LogP contribution in [-0.4, -0.2) is 52.2 Å². The van der Waals surface area contributed by atoms with Gasteiger partial charge in [0.15, 0.2) is 0 Å². The number of nitrogens with zero attached hydrogens (tertiary/aromatic N) is 3. The van der Waals surface area contributed by atoms with Gasteiger partial charge in [0.05, 0.1) is 22.8 Å². The maximum atomic E-state index is 12.7. The maximum absolute atomic E-state index is 12.7. The lowest BCUT2D eigenvalue weighted by atomic mass is 10.0. The van der Waals surface area contributed by atoms with Crippen LogP contribution >= 0.6 is 0 Å². The Kier molecular flexibility index (Phi) is 7.43. The van der Waals surface area contributed by atoms with Gasteiger partial charge in [-0.05, 0) is 57.4 Å². The zero-order chi connectivity index (χ0) is 24.1. The van der Waals surface area contributed by atoms with Crippen LogP contribution in [-0.2, 0) is 4.79 Å². The van der Waals surface area contributed by atoms with Crippen LogP contribution < -0.4 is 10.6 Å². The second-order valence-electron chi connectivity index (χ2n) is 9.00. The molecule has 0 bridgehead atoms. The van der Waals surface area contributed by atoms with Gasteiger partial charge in [-0.2, -0.15) is 5.10 Å². The van der Waals surface area contributed by atoms with Crippen molar-refractivity contribution in [3.8, 4) is 5.69 Å². The summed E-state index contributed by atoms with van der Waals surface area (Å²) in [5.41, 5.74) is 5.21. The van der Waals surface area contributed by atoms with Crippen LogP contribution in [0.4, 0.5) is 5.69 Å². The van der Waals surface area contributed by atoms with E-state index in [1.165, 1.54) is 0 Å². The second kappa shape index (κ2) is 10.7. The van der Waals surface area contributed by atoms with Crippen molar-refractivity contribution in [2.45, 2.75) is 46.1 Å². The topological polar surface area (TPSA) is 79.3 Å². The molecule has 7 nitrogen and oxygen atoms in total. The number of carbonyl (C=O) groups excluding carboxylic acids is 2. The molecule has 178 valence electrons. The molecule has 2 N–H and O–H groups in total. The van der Waals surface area contributed by atoms with Crippen LogP contribution in [0.2, 0.25) is 0 Å². The monoisotopic (exact) mass is 459 g/mol. The predicted octanol–water partition coefficient (Wildman–Crippen LogP) is 4.02. The summed E-state index contributed by atoms with van der Waals surface area (Å²) in [5, 5.41) is 10.8. The Morgan fingerprint density at radius 3 is 2.35 bits per heavy atom. The van der Waals surface area contributed by atoms with E-state index >= 15 is 0 Å². The Labute approximate surface area is 201 Å². The Bertz CT molecular complexity index is 1150. The number of hydrogen-bond donors (Lipinski definition) is 2. The van der Waals surface area contributed by atoms with Gasteiger partial charge in [-0.1, -0.05) is 36.4 Å². The SMILES string of the molecule is Cc1ccccc1C(=O)NC1CCN(CCC(=O)Nc2c(C)nn(-c3ccccc3)c2C)CC1. The van der Waals surface area contributed by atoms with Crippen LogP contribution in [0.5, 0.6) is 0 Å². The smallest absolute Gasteiger partial charge is 0.251 e. The van der Waals surface area contributed by atoms with Gasteiger partial charge in [-0.15, -0.1) is 0 Å². The lowest BCUT2D eigenvalue weighted by molar-refractivity contribution is -0.116. The summed E-state index contributed by atoms with van der Waals surface area (Å²) in [5.74, 6) is -0.00786. The van der Waals surface area contributed by atoms with Gasteiger partial charge >= 0.3 is 0 Å². The molecule has 2 aromatic carbocycles. The highest BCUT2D eigenvalue weighted by molar-refractivity contribution is 5.95. The lowest BCUT2D eigenvalue weighted by Crippen LogP contribution is -2.45. The number of hydrogen-bond acceptors (Lipinski definition) is 4. The molecule has 0 atom stereocenters. The van der Waals surface area contributed by atoms with Crippen LogP contribution in [0.15, 0.2) is 54.6 Å². The quantitative estimate of drug-likeness (QED) is 0.559. The number of likely N-dealkylation sites (tertiary alicyclic amines) is 1. The van der Waals surface area contributed by atoms with Crippen molar-refractivity contribution in [3.63, 3.8) is 0 Å². The van der Waals surface area contributed by atoms with E-state index in [1.807, 2.05) is 80.1 Å². The highest BCUT2D eigenvalue weighted by Gasteiger charge is 2.22. The molecule has 4 rings (SSSR count). The minimum Gasteiger partial charge on any atom is -0.349 e. The Hall–Kier alpha value is -3.45. The molecule has 3 aromatic rings. The first-order valence-corrected chi connectivity index (χ1v) is 11.9. The maximum Gasteiger partial charge on any atom is 0.251 e. The van der Waals surface area contributed by atoms with Crippen LogP contribution in [0, 0.1) is 20.8 Å². The number of amides is 2. The molecule has 2 amide bonds. The van der Waals surface area contributed by atoms with Crippen LogP contribution in [0.25, 0.3) is 5.69 Å². The number of aromatic nitrogens is 2. The van der Waals surface area contributed by atoms with E-state index in [2.05, 4.69) is 20.6 Å². The molecule has 1 aliphatic rings. The summed E-state index contributed by atoms with van der Waals surface area (Å²) in [4.78, 5) is 27.5. The first-order valence-electron chi connectivity index (χ1n) is 11.9. The van der Waals surface area contributed by atoms with Crippen molar-refractivity contribution in [3.05, 3.63) is 77.1 Å². The van der Waals surface area contributed by atoms with Crippen molar-refractivity contribution in [1.29, 1.82) is 0 Å². The minimum absolute atomic E-state index is 0.00211. The first-order chi connectivity index (χ1) is 16.4. The van der Waals surface area contributed by atoms with E-state index in [9.17, 15) is 9.59 Å². The van der Waals surface area contributed by atoms with E-state index < -0.39 is 0 Å². The molecule has 0 radical (unpaired) electrons. The number of piperidine rings is 1. The first kappa shape index (κ1) is 23.7. The molecule has 1 aromatic heterocycles. The summed E-state index contributed by atoms with van der Waals surface area (Å²) in [6.07, 6.45) is 2.21. The van der Waals surface area contributed by atoms with E-state index in [4.69, 9.17) is 0 Å². The fourth-order valence-corrected chi connectivity index (χ4v) is 4.50. The Morgan fingerprint density at radius 1 is 0.971 bits per heavy atom. The molecule has 34 heavy (non-hydrogen) atoms. The highest BCUT2D eigenvalue weighted by atomic mass is 16.2. The third kappa shape index (κ3) is 5.54. The van der Waals surface area contributed by atoms with Crippen molar-refractivity contribution >= 4 is 17.5 Å². The normalized spacial score (nSPS) is 14.7. The molecule has 1 aliphatic heterocycles. The molecule has 0 saturated carbocycles. The summed E-state index contributed by atoms with van der Waals surface area (Å²) >= 11 is 0. The average Bonchev–Trinajstić information content (AvgIpc) is 3.12. The van der Waals surface area contributed by atoms with Gasteiger partial charge < -0.3 is 15.5 Å². The molecule has 0 aliphatic carbocycles. The van der Waals surface area contributed by atoms with Crippen LogP contribution in [0.3, 0.4) is 0 Å². The largest absolute Gasteiger partial charge is 0.349 e. The van der Waals surface area contributed by atoms with Gasteiger partial charge in [0.1, 0.15) is 0 Å². The van der Waals surface area contributed by atoms with E-state index in [1.54, 1.807) is 0 Å². The van der Waals surface area contributed by atoms with Crippen LogP contribution in [0.1, 0.15) is 46.6 Å². The minimum atomic E-state index is -0.00575. The fraction of sp³-hybridized carbons (Fsp3) is 0.370. The predicted molar refractivity (Wildman–Crippen MR) is 134 cm³/mol. The van der Waals surface area contributed by atoms with E-state index in [-0.39, 0.29) is 17.9 Å². The fourth-order valence-electron chi connectivity index (χ4n) is 4.50. The summed E-state index contributed by atoms with van der Waals surface area (Å²) < 4.78 is 1.86. The summed E-state index contributed by atoms with van der Waals surface area (Å²) in [6, 6.07) is 17.7. The van der Waals surface area contributed by atoms with Gasteiger partial charge in [-0.25, -0.2) is 4.68 Å². The molecule has 0 spiro atoms. The standard InChI is InChI=1S/C27H33N5O2/c1-19-9-7-8-12-24(19)27(34)28-22-13-16-31(17-14-22)18-15-25(33)29-26-20(2)30-32(21(26)3)23-10-5-4-6-11-23/h4-12,22H,13-18H2,1-3H3,(H,28,34)(H,29,33). The molecular formula is C27H33N5O2. The zero-order valence-corrected chi connectivity index (χ0v) is 20.2. The van der Waals surface area contributed by atoms with Crippen molar-refractivity contribution < 1.29 is 9.59 Å². The third-order valence-corrected chi connectivity index (χ3v) is 6.52. The lowest BCUT2D eigenvalue weighted by Gasteiger charge is -2.32. The molecule has 1 fully saturated rings. The number of aryl methyl sites for hydroxylation is 2. The van der Waals surface area contributed by atoms with Crippen molar-refractivity contribution in [2.75, 3.05) is 25.0 Å². The van der Waals surface area contributed by atoms with E-state index in [0.717, 1.165) is 59.8 Å². The number of carbonyl (C=O) groups is 2. The number of anilines is 1. The number of rotatable bonds is 7. The van der Waals surface area contributed by atoms with Gasteiger partial charge in [-0.3, -0.25) is 9.59 Å². The van der Waals surface area contributed by atoms with Gasteiger partial charge in [0.2, 0.25) is 5.91 Å². The number of nitrogens with one attached hydrogen (secondary N) is 2. The van der Waals surface area contributed by atoms with Crippen molar-refractivity contribution in [1.82, 2.24) is 20.0 Å². The average molecular weight is 460 g/mol. The number of benzene rings is 2. The van der Waals surface area contributed by atoms with E-state index in [0.29, 0.717) is 13.0 Å². The number of para-hydroxylation sites is 1. The second-order valence-corrected chi connectivity index (χ2v) is 9.00. The Morgan fingerprint density at radius 2 is 1.65 bits per heavy atom. The van der Waals surface area contributed by atoms with Gasteiger partial charge in [0, 0.05) is 37.7 Å². The molecule has 2 heterocycles. The summed E-state index contributed by atoms with van der Waals surface area (Å²) in [7, 11) is 0. The van der Waals surface area contributed by atoms with Crippen molar-refractivity contribution in [2.24, 2.45) is 0 Å². The summed E-state index contributed by atoms with van der Waals surface area (Å²) in [6.45, 7) is 8.29.